The van der Waals surface area contributed by atoms with E-state index >= 15 is 0 Å². The van der Waals surface area contributed by atoms with Gasteiger partial charge in [-0.25, -0.2) is 5.84 Å². The van der Waals surface area contributed by atoms with Crippen molar-refractivity contribution in [3.8, 4) is 0 Å². The number of likely N-dealkylation sites (N-methyl/N-ethyl adjacent to an activating group) is 1. The Morgan fingerprint density at radius 1 is 1.30 bits per heavy atom. The van der Waals surface area contributed by atoms with E-state index in [9.17, 15) is 4.79 Å². The molecule has 1 atom stereocenters. The van der Waals surface area contributed by atoms with Gasteiger partial charge in [0, 0.05) is 6.54 Å². The molecule has 1 aromatic carbocycles. The average Bonchev–Trinajstić information content (AvgIpc) is 2.49. The molecule has 0 saturated heterocycles. The first-order valence-corrected chi connectivity index (χ1v) is 7.48. The van der Waals surface area contributed by atoms with Gasteiger partial charge in [-0.2, -0.15) is 0 Å². The number of hydrazine groups is 1. The van der Waals surface area contributed by atoms with Crippen molar-refractivity contribution in [2.45, 2.75) is 38.1 Å². The second-order valence-corrected chi connectivity index (χ2v) is 5.77. The summed E-state index contributed by atoms with van der Waals surface area (Å²) in [5, 5.41) is 0. The Kier molecular flexibility index (Phi) is 5.56. The van der Waals surface area contributed by atoms with Gasteiger partial charge in [-0.1, -0.05) is 49.6 Å². The number of benzene rings is 1. The molecule has 0 aliphatic heterocycles. The molecule has 1 aliphatic rings. The van der Waals surface area contributed by atoms with Crippen molar-refractivity contribution in [1.29, 1.82) is 0 Å². The molecule has 0 bridgehead atoms. The molecule has 4 nitrogen and oxygen atoms in total. The van der Waals surface area contributed by atoms with Gasteiger partial charge in [0.15, 0.2) is 0 Å². The zero-order valence-electron chi connectivity index (χ0n) is 12.2. The van der Waals surface area contributed by atoms with Crippen LogP contribution in [0.2, 0.25) is 0 Å². The van der Waals surface area contributed by atoms with Crippen LogP contribution in [0, 0.1) is 5.92 Å². The average molecular weight is 275 g/mol. The molecule has 1 unspecified atom stereocenters. The van der Waals surface area contributed by atoms with Crippen LogP contribution in [-0.2, 0) is 4.79 Å². The molecule has 0 radical (unpaired) electrons. The fourth-order valence-corrected chi connectivity index (χ4v) is 3.20. The van der Waals surface area contributed by atoms with Gasteiger partial charge in [-0.05, 0) is 31.4 Å². The Labute approximate surface area is 121 Å². The maximum atomic E-state index is 12.1. The fourth-order valence-electron chi connectivity index (χ4n) is 3.20. The number of carbonyl (C=O) groups is 1. The summed E-state index contributed by atoms with van der Waals surface area (Å²) in [6.45, 7) is 0.951. The van der Waals surface area contributed by atoms with Gasteiger partial charge < -0.3 is 0 Å². The minimum Gasteiger partial charge on any atom is -0.293 e. The van der Waals surface area contributed by atoms with E-state index in [0.29, 0.717) is 5.92 Å². The third-order valence-corrected chi connectivity index (χ3v) is 4.22. The van der Waals surface area contributed by atoms with E-state index in [1.54, 1.807) is 0 Å². The summed E-state index contributed by atoms with van der Waals surface area (Å²) >= 11 is 0. The van der Waals surface area contributed by atoms with Crippen molar-refractivity contribution in [2.24, 2.45) is 11.8 Å². The van der Waals surface area contributed by atoms with Crippen molar-refractivity contribution >= 4 is 5.91 Å². The van der Waals surface area contributed by atoms with E-state index in [0.717, 1.165) is 12.1 Å². The third-order valence-electron chi connectivity index (χ3n) is 4.22. The summed E-state index contributed by atoms with van der Waals surface area (Å²) in [6, 6.07) is 9.54. The number of amides is 1. The normalized spacial score (nSPS) is 17.9. The maximum absolute atomic E-state index is 12.1. The van der Waals surface area contributed by atoms with Gasteiger partial charge in [0.1, 0.15) is 6.04 Å². The SMILES string of the molecule is CN(CC1CCCCC1)C(C(=O)NN)c1ccccc1. The molecule has 2 rings (SSSR count). The van der Waals surface area contributed by atoms with Crippen LogP contribution in [0.15, 0.2) is 30.3 Å². The van der Waals surface area contributed by atoms with Crippen LogP contribution in [-0.4, -0.2) is 24.4 Å². The van der Waals surface area contributed by atoms with Crippen LogP contribution in [0.5, 0.6) is 0 Å². The number of nitrogens with one attached hydrogen (secondary N) is 1. The number of nitrogens with two attached hydrogens (primary N) is 1. The molecular weight excluding hydrogens is 250 g/mol. The highest BCUT2D eigenvalue weighted by Gasteiger charge is 2.26. The van der Waals surface area contributed by atoms with Crippen molar-refractivity contribution in [3.63, 3.8) is 0 Å². The summed E-state index contributed by atoms with van der Waals surface area (Å²) in [5.74, 6) is 5.91. The second-order valence-electron chi connectivity index (χ2n) is 5.77. The lowest BCUT2D eigenvalue weighted by Crippen LogP contribution is -2.43. The Morgan fingerprint density at radius 3 is 2.55 bits per heavy atom. The van der Waals surface area contributed by atoms with E-state index < -0.39 is 0 Å². The van der Waals surface area contributed by atoms with Crippen molar-refractivity contribution in [1.82, 2.24) is 10.3 Å². The van der Waals surface area contributed by atoms with E-state index in [1.807, 2.05) is 37.4 Å². The standard InChI is InChI=1S/C16H25N3O/c1-19(12-13-8-4-2-5-9-13)15(16(20)18-17)14-10-6-3-7-11-14/h3,6-7,10-11,13,15H,2,4-5,8-9,12,17H2,1H3,(H,18,20). The molecule has 0 spiro atoms. The van der Waals surface area contributed by atoms with E-state index in [-0.39, 0.29) is 11.9 Å². The molecule has 0 aromatic heterocycles. The first-order valence-electron chi connectivity index (χ1n) is 7.48. The van der Waals surface area contributed by atoms with Gasteiger partial charge in [0.05, 0.1) is 0 Å². The number of rotatable bonds is 5. The number of nitrogens with zero attached hydrogens (tertiary/aromatic N) is 1. The number of hydrogen-bond donors (Lipinski definition) is 2. The van der Waals surface area contributed by atoms with E-state index in [4.69, 9.17) is 5.84 Å². The summed E-state index contributed by atoms with van der Waals surface area (Å²) in [5.41, 5.74) is 3.30. The highest BCUT2D eigenvalue weighted by molar-refractivity contribution is 5.82. The monoisotopic (exact) mass is 275 g/mol. The zero-order chi connectivity index (χ0) is 14.4. The van der Waals surface area contributed by atoms with Crippen LogP contribution in [0.25, 0.3) is 0 Å². The molecule has 110 valence electrons. The largest absolute Gasteiger partial charge is 0.293 e. The predicted molar refractivity (Wildman–Crippen MR) is 80.7 cm³/mol. The van der Waals surface area contributed by atoms with E-state index in [1.165, 1.54) is 32.1 Å². The van der Waals surface area contributed by atoms with Crippen LogP contribution in [0.1, 0.15) is 43.7 Å². The molecular formula is C16H25N3O. The van der Waals surface area contributed by atoms with Crippen LogP contribution in [0.3, 0.4) is 0 Å². The molecule has 1 amide bonds. The minimum absolute atomic E-state index is 0.144. The molecule has 4 heteroatoms. The predicted octanol–water partition coefficient (Wildman–Crippen LogP) is 2.23. The molecule has 3 N–H and O–H groups in total. The van der Waals surface area contributed by atoms with Crippen molar-refractivity contribution < 1.29 is 4.79 Å². The van der Waals surface area contributed by atoms with Crippen LogP contribution in [0.4, 0.5) is 0 Å². The van der Waals surface area contributed by atoms with Gasteiger partial charge in [-0.3, -0.25) is 15.1 Å². The van der Waals surface area contributed by atoms with E-state index in [2.05, 4.69) is 10.3 Å². The quantitative estimate of drug-likeness (QED) is 0.492. The second kappa shape index (κ2) is 7.41. The van der Waals surface area contributed by atoms with Crippen LogP contribution >= 0.6 is 0 Å². The highest BCUT2D eigenvalue weighted by atomic mass is 16.2. The molecule has 20 heavy (non-hydrogen) atoms. The Morgan fingerprint density at radius 2 is 1.95 bits per heavy atom. The van der Waals surface area contributed by atoms with Crippen molar-refractivity contribution in [2.75, 3.05) is 13.6 Å². The first-order chi connectivity index (χ1) is 9.72. The van der Waals surface area contributed by atoms with Crippen LogP contribution < -0.4 is 11.3 Å². The highest BCUT2D eigenvalue weighted by Crippen LogP contribution is 2.27. The van der Waals surface area contributed by atoms with Gasteiger partial charge in [0.25, 0.3) is 5.91 Å². The minimum atomic E-state index is -0.303. The molecule has 1 fully saturated rings. The Bertz CT molecular complexity index is 415. The summed E-state index contributed by atoms with van der Waals surface area (Å²) in [7, 11) is 2.02. The molecule has 1 saturated carbocycles. The third kappa shape index (κ3) is 3.81. The van der Waals surface area contributed by atoms with Crippen molar-refractivity contribution in [3.05, 3.63) is 35.9 Å². The summed E-state index contributed by atoms with van der Waals surface area (Å²) in [4.78, 5) is 14.3. The first kappa shape index (κ1) is 15.0. The Balaban J connectivity index is 2.07. The lowest BCUT2D eigenvalue weighted by atomic mass is 9.88. The topological polar surface area (TPSA) is 58.4 Å². The van der Waals surface area contributed by atoms with Gasteiger partial charge in [0.2, 0.25) is 0 Å². The Hall–Kier alpha value is -1.39. The number of carbonyl (C=O) groups excluding carboxylic acids is 1. The lowest BCUT2D eigenvalue weighted by molar-refractivity contribution is -0.126. The van der Waals surface area contributed by atoms with Gasteiger partial charge >= 0.3 is 0 Å². The fraction of sp³-hybridized carbons (Fsp3) is 0.562. The van der Waals surface area contributed by atoms with Gasteiger partial charge in [-0.15, -0.1) is 0 Å². The number of hydrogen-bond acceptors (Lipinski definition) is 3. The zero-order valence-corrected chi connectivity index (χ0v) is 12.2. The summed E-state index contributed by atoms with van der Waals surface area (Å²) in [6.07, 6.45) is 6.53. The summed E-state index contributed by atoms with van der Waals surface area (Å²) < 4.78 is 0. The maximum Gasteiger partial charge on any atom is 0.255 e. The molecule has 1 aliphatic carbocycles. The molecule has 0 heterocycles. The molecule has 1 aromatic rings. The smallest absolute Gasteiger partial charge is 0.255 e. The lowest BCUT2D eigenvalue weighted by Gasteiger charge is -2.32.